The van der Waals surface area contributed by atoms with Crippen molar-refractivity contribution in [2.75, 3.05) is 13.1 Å². The van der Waals surface area contributed by atoms with Gasteiger partial charge in [0.1, 0.15) is 6.04 Å². The number of halogens is 2. The van der Waals surface area contributed by atoms with Crippen LogP contribution in [0.5, 0.6) is 0 Å². The van der Waals surface area contributed by atoms with Gasteiger partial charge in [0.15, 0.2) is 0 Å². The van der Waals surface area contributed by atoms with Gasteiger partial charge in [-0.15, -0.1) is 0 Å². The van der Waals surface area contributed by atoms with E-state index < -0.39 is 6.04 Å². The summed E-state index contributed by atoms with van der Waals surface area (Å²) in [6.45, 7) is 2.54. The van der Waals surface area contributed by atoms with Crippen molar-refractivity contribution < 1.29 is 19.2 Å². The molecule has 4 rings (SSSR count). The Kier molecular flexibility index (Phi) is 9.96. The second-order valence-corrected chi connectivity index (χ2v) is 10.4. The first-order valence-electron chi connectivity index (χ1n) is 13.3. The molecule has 0 fully saturated rings. The third-order valence-electron chi connectivity index (χ3n) is 6.86. The van der Waals surface area contributed by atoms with Crippen LogP contribution >= 0.6 is 23.2 Å². The summed E-state index contributed by atoms with van der Waals surface area (Å²) in [5.74, 6) is -1.31. The third-order valence-corrected chi connectivity index (χ3v) is 7.57. The minimum atomic E-state index is -0.826. The summed E-state index contributed by atoms with van der Waals surface area (Å²) in [7, 11) is 0. The Hall–Kier alpha value is -3.68. The van der Waals surface area contributed by atoms with E-state index in [1.54, 1.807) is 42.5 Å². The van der Waals surface area contributed by atoms with Crippen molar-refractivity contribution >= 4 is 46.8 Å². The van der Waals surface area contributed by atoms with Crippen molar-refractivity contribution in [3.05, 3.63) is 105 Å². The van der Waals surface area contributed by atoms with Gasteiger partial charge in [0, 0.05) is 48.1 Å². The fourth-order valence-electron chi connectivity index (χ4n) is 4.75. The topological polar surface area (TPSA) is 86.8 Å². The number of fused-ring (bicyclic) bond motifs is 1. The summed E-state index contributed by atoms with van der Waals surface area (Å²) >= 11 is 12.9. The fraction of sp³-hybridized carbons (Fsp3) is 0.290. The lowest BCUT2D eigenvalue weighted by molar-refractivity contribution is -0.141. The lowest BCUT2D eigenvalue weighted by atomic mass is 10.0. The Balaban J connectivity index is 1.57. The Labute approximate surface area is 244 Å². The van der Waals surface area contributed by atoms with Crippen molar-refractivity contribution in [1.82, 2.24) is 15.1 Å². The van der Waals surface area contributed by atoms with Crippen LogP contribution in [0.2, 0.25) is 10.0 Å². The van der Waals surface area contributed by atoms with Gasteiger partial charge in [0.25, 0.3) is 11.8 Å². The number of rotatable bonds is 12. The molecular formula is C31H31Cl2N3O4. The van der Waals surface area contributed by atoms with Crippen molar-refractivity contribution in [2.45, 2.75) is 45.2 Å². The van der Waals surface area contributed by atoms with E-state index in [0.717, 1.165) is 12.0 Å². The summed E-state index contributed by atoms with van der Waals surface area (Å²) in [4.78, 5) is 55.4. The molecule has 0 bridgehead atoms. The third kappa shape index (κ3) is 6.72. The van der Waals surface area contributed by atoms with Crippen LogP contribution in [0.25, 0.3) is 0 Å². The van der Waals surface area contributed by atoms with E-state index in [1.165, 1.54) is 9.80 Å². The largest absolute Gasteiger partial charge is 0.354 e. The molecule has 3 aromatic rings. The van der Waals surface area contributed by atoms with Crippen molar-refractivity contribution in [2.24, 2.45) is 0 Å². The molecule has 1 aliphatic rings. The van der Waals surface area contributed by atoms with Gasteiger partial charge < -0.3 is 10.2 Å². The average molecular weight is 581 g/mol. The monoisotopic (exact) mass is 579 g/mol. The second kappa shape index (κ2) is 13.6. The molecule has 0 aliphatic carbocycles. The van der Waals surface area contributed by atoms with Gasteiger partial charge in [-0.2, -0.15) is 0 Å². The number of imide groups is 1. The predicted molar refractivity (Wildman–Crippen MR) is 155 cm³/mol. The molecule has 9 heteroatoms. The molecule has 7 nitrogen and oxygen atoms in total. The molecule has 4 amide bonds. The van der Waals surface area contributed by atoms with Crippen molar-refractivity contribution in [1.29, 1.82) is 0 Å². The molecule has 0 radical (unpaired) electrons. The van der Waals surface area contributed by atoms with Gasteiger partial charge >= 0.3 is 0 Å². The van der Waals surface area contributed by atoms with Crippen LogP contribution in [0, 0.1) is 0 Å². The predicted octanol–water partition coefficient (Wildman–Crippen LogP) is 5.54. The van der Waals surface area contributed by atoms with Crippen LogP contribution in [0.3, 0.4) is 0 Å². The molecular weight excluding hydrogens is 549 g/mol. The summed E-state index contributed by atoms with van der Waals surface area (Å²) in [5, 5.41) is 3.71. The van der Waals surface area contributed by atoms with E-state index in [9.17, 15) is 19.2 Å². The SMILES string of the molecule is CCCNC(=O)[C@@H](Cc1ccccc1)N(Cc1c(Cl)cccc1Cl)C(=O)CCCN1C(=O)c2ccccc2C1=O. The van der Waals surface area contributed by atoms with Crippen molar-refractivity contribution in [3.8, 4) is 0 Å². The van der Waals surface area contributed by atoms with E-state index >= 15 is 0 Å². The number of nitrogens with zero attached hydrogens (tertiary/aromatic N) is 2. The summed E-state index contributed by atoms with van der Waals surface area (Å²) in [6, 6.07) is 20.4. The average Bonchev–Trinajstić information content (AvgIpc) is 3.20. The standard InChI is InChI=1S/C31H31Cl2N3O4/c1-2-17-34-29(38)27(19-21-10-4-3-5-11-21)36(20-24-25(32)14-8-15-26(24)33)28(37)16-9-18-35-30(39)22-12-6-7-13-23(22)31(35)40/h3-8,10-15,27H,2,9,16-20H2,1H3,(H,34,38)/t27-/m1/s1. The quantitative estimate of drug-likeness (QED) is 0.285. The molecule has 0 unspecified atom stereocenters. The highest BCUT2D eigenvalue weighted by molar-refractivity contribution is 6.36. The van der Waals surface area contributed by atoms with Gasteiger partial charge in [0.2, 0.25) is 11.8 Å². The fourth-order valence-corrected chi connectivity index (χ4v) is 5.26. The minimum absolute atomic E-state index is 0.0157. The second-order valence-electron chi connectivity index (χ2n) is 9.63. The van der Waals surface area contributed by atoms with E-state index in [4.69, 9.17) is 23.2 Å². The van der Waals surface area contributed by atoms with Crippen LogP contribution in [0.15, 0.2) is 72.8 Å². The summed E-state index contributed by atoms with van der Waals surface area (Å²) < 4.78 is 0. The van der Waals surface area contributed by atoms with E-state index in [0.29, 0.717) is 39.7 Å². The molecule has 1 atom stereocenters. The Morgan fingerprint density at radius 3 is 2.08 bits per heavy atom. The number of nitrogens with one attached hydrogen (secondary N) is 1. The molecule has 0 saturated carbocycles. The number of benzene rings is 3. The molecule has 208 valence electrons. The maximum absolute atomic E-state index is 13.8. The van der Waals surface area contributed by atoms with Crippen LogP contribution in [-0.2, 0) is 22.6 Å². The number of carbonyl (C=O) groups excluding carboxylic acids is 4. The zero-order valence-corrected chi connectivity index (χ0v) is 23.8. The molecule has 1 heterocycles. The van der Waals surface area contributed by atoms with E-state index in [2.05, 4.69) is 5.32 Å². The summed E-state index contributed by atoms with van der Waals surface area (Å²) in [6.07, 6.45) is 1.30. The molecule has 0 spiro atoms. The number of amides is 4. The maximum Gasteiger partial charge on any atom is 0.261 e. The van der Waals surface area contributed by atoms with Crippen LogP contribution in [-0.4, -0.2) is 52.6 Å². The van der Waals surface area contributed by atoms with Gasteiger partial charge in [-0.3, -0.25) is 24.1 Å². The smallest absolute Gasteiger partial charge is 0.261 e. The molecule has 1 aliphatic heterocycles. The van der Waals surface area contributed by atoms with Crippen molar-refractivity contribution in [3.63, 3.8) is 0 Å². The molecule has 3 aromatic carbocycles. The van der Waals surface area contributed by atoms with Crippen LogP contribution < -0.4 is 5.32 Å². The molecule has 40 heavy (non-hydrogen) atoms. The minimum Gasteiger partial charge on any atom is -0.354 e. The highest BCUT2D eigenvalue weighted by atomic mass is 35.5. The van der Waals surface area contributed by atoms with Crippen LogP contribution in [0.1, 0.15) is 58.0 Å². The van der Waals surface area contributed by atoms with E-state index in [1.807, 2.05) is 37.3 Å². The Morgan fingerprint density at radius 1 is 0.875 bits per heavy atom. The molecule has 1 N–H and O–H groups in total. The van der Waals surface area contributed by atoms with E-state index in [-0.39, 0.29) is 49.6 Å². The van der Waals surface area contributed by atoms with Gasteiger partial charge in [0.05, 0.1) is 11.1 Å². The zero-order valence-electron chi connectivity index (χ0n) is 22.2. The van der Waals surface area contributed by atoms with Gasteiger partial charge in [-0.05, 0) is 42.7 Å². The zero-order chi connectivity index (χ0) is 28.6. The Bertz CT molecular complexity index is 1340. The highest BCUT2D eigenvalue weighted by Gasteiger charge is 2.35. The Morgan fingerprint density at radius 2 is 1.48 bits per heavy atom. The van der Waals surface area contributed by atoms with Gasteiger partial charge in [-0.25, -0.2) is 0 Å². The lowest BCUT2D eigenvalue weighted by Gasteiger charge is -2.32. The lowest BCUT2D eigenvalue weighted by Crippen LogP contribution is -2.50. The number of hydrogen-bond acceptors (Lipinski definition) is 4. The van der Waals surface area contributed by atoms with Crippen LogP contribution in [0.4, 0.5) is 0 Å². The van der Waals surface area contributed by atoms with Gasteiger partial charge in [-0.1, -0.05) is 78.7 Å². The maximum atomic E-state index is 13.8. The normalized spacial score (nSPS) is 13.2. The first-order chi connectivity index (χ1) is 19.3. The molecule has 0 aromatic heterocycles. The highest BCUT2D eigenvalue weighted by Crippen LogP contribution is 2.28. The molecule has 0 saturated heterocycles. The number of carbonyl (C=O) groups is 4. The first-order valence-corrected chi connectivity index (χ1v) is 14.1. The first kappa shape index (κ1) is 29.3. The summed E-state index contributed by atoms with van der Waals surface area (Å²) in [5.41, 5.74) is 2.17. The number of hydrogen-bond donors (Lipinski definition) is 1.